The molecule has 0 bridgehead atoms. The van der Waals surface area contributed by atoms with Crippen molar-refractivity contribution in [2.45, 2.75) is 36.8 Å². The molecule has 2 nitrogen and oxygen atoms in total. The first kappa shape index (κ1) is 12.8. The van der Waals surface area contributed by atoms with E-state index in [2.05, 4.69) is 15.9 Å². The average Bonchev–Trinajstić information content (AvgIpc) is 2.48. The first-order valence-electron chi connectivity index (χ1n) is 5.26. The number of aliphatic hydroxyl groups excluding tert-OH is 1. The minimum Gasteiger partial charge on any atom is -0.487 e. The van der Waals surface area contributed by atoms with E-state index in [9.17, 15) is 13.9 Å². The Labute approximate surface area is 107 Å². The predicted octanol–water partition coefficient (Wildman–Crippen LogP) is 3.42. The highest BCUT2D eigenvalue weighted by Crippen LogP contribution is 2.45. The monoisotopic (exact) mass is 306 g/mol. The van der Waals surface area contributed by atoms with Crippen molar-refractivity contribution in [3.05, 3.63) is 29.3 Å². The van der Waals surface area contributed by atoms with E-state index in [0.29, 0.717) is 12.2 Å². The molecule has 1 aromatic rings. The molecule has 1 atom stereocenters. The van der Waals surface area contributed by atoms with Crippen LogP contribution in [0.1, 0.15) is 31.1 Å². The largest absolute Gasteiger partial charge is 0.487 e. The Hall–Kier alpha value is -0.680. The number of hydrogen-bond acceptors (Lipinski definition) is 2. The highest BCUT2D eigenvalue weighted by Gasteiger charge is 2.41. The molecule has 0 aliphatic carbocycles. The lowest BCUT2D eigenvalue weighted by molar-refractivity contribution is -0.0314. The van der Waals surface area contributed by atoms with Crippen molar-refractivity contribution in [3.63, 3.8) is 0 Å². The molecular weight excluding hydrogens is 294 g/mol. The molecule has 17 heavy (non-hydrogen) atoms. The second kappa shape index (κ2) is 3.92. The molecular formula is C12H13BrF2O2. The van der Waals surface area contributed by atoms with E-state index < -0.39 is 16.5 Å². The van der Waals surface area contributed by atoms with Crippen LogP contribution in [0.4, 0.5) is 8.78 Å². The number of halogens is 3. The SMILES string of the molecule is CC1(C)Cc2cccc(C(O)C(F)(F)Br)c2O1. The summed E-state index contributed by atoms with van der Waals surface area (Å²) in [6.07, 6.45) is -1.26. The molecule has 1 N–H and O–H groups in total. The number of fused-ring (bicyclic) bond motifs is 1. The van der Waals surface area contributed by atoms with Gasteiger partial charge in [-0.3, -0.25) is 0 Å². The third-order valence-electron chi connectivity index (χ3n) is 2.73. The van der Waals surface area contributed by atoms with Crippen LogP contribution < -0.4 is 4.74 Å². The number of ether oxygens (including phenoxy) is 1. The molecule has 0 saturated carbocycles. The Balaban J connectivity index is 2.43. The van der Waals surface area contributed by atoms with Crippen LogP contribution in [0.15, 0.2) is 18.2 Å². The number of alkyl halides is 3. The minimum atomic E-state index is -3.36. The quantitative estimate of drug-likeness (QED) is 0.848. The summed E-state index contributed by atoms with van der Waals surface area (Å²) in [4.78, 5) is -3.36. The van der Waals surface area contributed by atoms with Crippen molar-refractivity contribution in [2.75, 3.05) is 0 Å². The molecule has 0 amide bonds. The molecule has 2 rings (SSSR count). The van der Waals surface area contributed by atoms with Crippen molar-refractivity contribution in [2.24, 2.45) is 0 Å². The van der Waals surface area contributed by atoms with Crippen LogP contribution in [0.3, 0.4) is 0 Å². The lowest BCUT2D eigenvalue weighted by atomic mass is 9.99. The maximum absolute atomic E-state index is 13.1. The van der Waals surface area contributed by atoms with Gasteiger partial charge in [-0.15, -0.1) is 0 Å². The van der Waals surface area contributed by atoms with Gasteiger partial charge in [0.1, 0.15) is 11.4 Å². The number of rotatable bonds is 2. The van der Waals surface area contributed by atoms with Crippen molar-refractivity contribution in [3.8, 4) is 5.75 Å². The molecule has 94 valence electrons. The van der Waals surface area contributed by atoms with Crippen molar-refractivity contribution >= 4 is 15.9 Å². The molecule has 1 heterocycles. The summed E-state index contributed by atoms with van der Waals surface area (Å²) in [6, 6.07) is 4.94. The summed E-state index contributed by atoms with van der Waals surface area (Å²) in [5.74, 6) is 0.379. The van der Waals surface area contributed by atoms with Crippen LogP contribution in [0, 0.1) is 0 Å². The highest BCUT2D eigenvalue weighted by molar-refractivity contribution is 9.10. The molecule has 1 unspecified atom stereocenters. The smallest absolute Gasteiger partial charge is 0.330 e. The van der Waals surface area contributed by atoms with Crippen molar-refractivity contribution < 1.29 is 18.6 Å². The molecule has 0 saturated heterocycles. The molecule has 0 spiro atoms. The number of hydrogen-bond donors (Lipinski definition) is 1. The van der Waals surface area contributed by atoms with Gasteiger partial charge in [0.15, 0.2) is 6.10 Å². The molecule has 5 heteroatoms. The van der Waals surface area contributed by atoms with Crippen LogP contribution in [-0.2, 0) is 6.42 Å². The Morgan fingerprint density at radius 2 is 2.12 bits per heavy atom. The summed E-state index contributed by atoms with van der Waals surface area (Å²) in [5, 5.41) is 9.61. The summed E-state index contributed by atoms with van der Waals surface area (Å²) in [7, 11) is 0. The zero-order valence-corrected chi connectivity index (χ0v) is 11.1. The molecule has 0 fully saturated rings. The first-order valence-corrected chi connectivity index (χ1v) is 6.05. The Kier molecular flexibility index (Phi) is 2.94. The van der Waals surface area contributed by atoms with Gasteiger partial charge >= 0.3 is 4.83 Å². The summed E-state index contributed by atoms with van der Waals surface area (Å²) in [5.41, 5.74) is 0.554. The van der Waals surface area contributed by atoms with Crippen LogP contribution in [0.25, 0.3) is 0 Å². The van der Waals surface area contributed by atoms with E-state index in [1.54, 1.807) is 6.07 Å². The van der Waals surface area contributed by atoms with Gasteiger partial charge in [-0.25, -0.2) is 0 Å². The van der Waals surface area contributed by atoms with Gasteiger partial charge < -0.3 is 9.84 Å². The first-order chi connectivity index (χ1) is 7.71. The van der Waals surface area contributed by atoms with Gasteiger partial charge in [-0.2, -0.15) is 8.78 Å². The zero-order chi connectivity index (χ0) is 12.8. The predicted molar refractivity (Wildman–Crippen MR) is 63.7 cm³/mol. The second-order valence-corrected chi connectivity index (χ2v) is 5.88. The van der Waals surface area contributed by atoms with E-state index in [4.69, 9.17) is 4.74 Å². The number of benzene rings is 1. The molecule has 1 aliphatic heterocycles. The third kappa shape index (κ3) is 2.45. The zero-order valence-electron chi connectivity index (χ0n) is 9.51. The van der Waals surface area contributed by atoms with Gasteiger partial charge in [0.05, 0.1) is 0 Å². The van der Waals surface area contributed by atoms with Gasteiger partial charge in [0.25, 0.3) is 0 Å². The lowest BCUT2D eigenvalue weighted by Gasteiger charge is -2.21. The minimum absolute atomic E-state index is 0.120. The van der Waals surface area contributed by atoms with Crippen molar-refractivity contribution in [1.82, 2.24) is 0 Å². The van der Waals surface area contributed by atoms with E-state index in [1.165, 1.54) is 6.07 Å². The Morgan fingerprint density at radius 3 is 2.71 bits per heavy atom. The highest BCUT2D eigenvalue weighted by atomic mass is 79.9. The van der Waals surface area contributed by atoms with Gasteiger partial charge in [0, 0.05) is 12.0 Å². The fourth-order valence-electron chi connectivity index (χ4n) is 2.03. The maximum atomic E-state index is 13.1. The van der Waals surface area contributed by atoms with Crippen LogP contribution in [-0.4, -0.2) is 15.5 Å². The van der Waals surface area contributed by atoms with Crippen molar-refractivity contribution in [1.29, 1.82) is 0 Å². The fraction of sp³-hybridized carbons (Fsp3) is 0.500. The molecule has 1 aliphatic rings. The standard InChI is InChI=1S/C12H13BrF2O2/c1-11(2)6-7-4-3-5-8(9(7)17-11)10(16)12(13,14)15/h3-5,10,16H,6H2,1-2H3. The molecule has 0 aromatic heterocycles. The Bertz CT molecular complexity index is 441. The van der Waals surface area contributed by atoms with Crippen LogP contribution in [0.5, 0.6) is 5.75 Å². The average molecular weight is 307 g/mol. The maximum Gasteiger partial charge on any atom is 0.330 e. The van der Waals surface area contributed by atoms with Crippen LogP contribution >= 0.6 is 15.9 Å². The van der Waals surface area contributed by atoms with E-state index in [-0.39, 0.29) is 5.56 Å². The fourth-order valence-corrected chi connectivity index (χ4v) is 2.28. The topological polar surface area (TPSA) is 29.5 Å². The van der Waals surface area contributed by atoms with E-state index in [0.717, 1.165) is 5.56 Å². The third-order valence-corrected chi connectivity index (χ3v) is 3.16. The number of aliphatic hydroxyl groups is 1. The number of para-hydroxylation sites is 1. The summed E-state index contributed by atoms with van der Waals surface area (Å²) in [6.45, 7) is 3.77. The summed E-state index contributed by atoms with van der Waals surface area (Å²) >= 11 is 2.18. The van der Waals surface area contributed by atoms with Gasteiger partial charge in [0.2, 0.25) is 0 Å². The Morgan fingerprint density at radius 1 is 1.47 bits per heavy atom. The van der Waals surface area contributed by atoms with Gasteiger partial charge in [-0.1, -0.05) is 18.2 Å². The van der Waals surface area contributed by atoms with E-state index >= 15 is 0 Å². The van der Waals surface area contributed by atoms with Gasteiger partial charge in [-0.05, 0) is 35.3 Å². The van der Waals surface area contributed by atoms with E-state index in [1.807, 2.05) is 19.9 Å². The normalized spacial score (nSPS) is 19.6. The molecule has 1 aromatic carbocycles. The summed E-state index contributed by atoms with van der Waals surface area (Å²) < 4.78 is 31.8. The lowest BCUT2D eigenvalue weighted by Crippen LogP contribution is -2.25. The second-order valence-electron chi connectivity index (χ2n) is 4.82. The molecule has 0 radical (unpaired) electrons. The van der Waals surface area contributed by atoms with Crippen LogP contribution in [0.2, 0.25) is 0 Å².